The molecule has 0 aromatic heterocycles. The third-order valence-corrected chi connectivity index (χ3v) is 3.90. The molecule has 0 aliphatic carbocycles. The number of hydrogen-bond acceptors (Lipinski definition) is 2. The van der Waals surface area contributed by atoms with Crippen molar-refractivity contribution in [3.8, 4) is 11.1 Å². The standard InChI is InChI=1S/C15H14N2O.C3H6N2O/c18-15-16-9-11-5-1-3-7-13(11)14-8-4-2-6-12(14)10-17-15;6-3-4-1-2-5-3/h1-8H,9-10H2,(H2,16,17,18);1-2H2,(H2,4,5,6). The monoisotopic (exact) mass is 324 g/mol. The zero-order chi connectivity index (χ0) is 16.8. The number of fused-ring (bicyclic) bond motifs is 3. The molecule has 2 aromatic carbocycles. The van der Waals surface area contributed by atoms with Crippen molar-refractivity contribution < 1.29 is 9.59 Å². The molecule has 2 heterocycles. The van der Waals surface area contributed by atoms with Gasteiger partial charge < -0.3 is 21.3 Å². The van der Waals surface area contributed by atoms with E-state index in [0.29, 0.717) is 13.1 Å². The van der Waals surface area contributed by atoms with Crippen molar-refractivity contribution in [3.05, 3.63) is 59.7 Å². The van der Waals surface area contributed by atoms with Gasteiger partial charge in [-0.15, -0.1) is 0 Å². The summed E-state index contributed by atoms with van der Waals surface area (Å²) in [6.45, 7) is 2.66. The van der Waals surface area contributed by atoms with Crippen LogP contribution in [-0.2, 0) is 13.1 Å². The van der Waals surface area contributed by atoms with Crippen molar-refractivity contribution in [2.45, 2.75) is 13.1 Å². The third kappa shape index (κ3) is 3.84. The lowest BCUT2D eigenvalue weighted by Gasteiger charge is -2.11. The Morgan fingerprint density at radius 3 is 1.42 bits per heavy atom. The van der Waals surface area contributed by atoms with Gasteiger partial charge in [0.2, 0.25) is 0 Å². The predicted octanol–water partition coefficient (Wildman–Crippen LogP) is 1.97. The Hall–Kier alpha value is -3.02. The number of benzene rings is 2. The van der Waals surface area contributed by atoms with Crippen molar-refractivity contribution in [2.24, 2.45) is 0 Å². The summed E-state index contributed by atoms with van der Waals surface area (Å²) in [5.41, 5.74) is 4.67. The quantitative estimate of drug-likeness (QED) is 0.597. The summed E-state index contributed by atoms with van der Waals surface area (Å²) in [5, 5.41) is 10.9. The summed E-state index contributed by atoms with van der Waals surface area (Å²) >= 11 is 0. The van der Waals surface area contributed by atoms with E-state index in [0.717, 1.165) is 24.2 Å². The molecular weight excluding hydrogens is 304 g/mol. The van der Waals surface area contributed by atoms with Crippen LogP contribution in [0, 0.1) is 0 Å². The fourth-order valence-corrected chi connectivity index (χ4v) is 2.70. The Morgan fingerprint density at radius 2 is 1.00 bits per heavy atom. The number of rotatable bonds is 0. The molecule has 1 fully saturated rings. The molecule has 124 valence electrons. The molecule has 4 rings (SSSR count). The normalized spacial score (nSPS) is 15.5. The van der Waals surface area contributed by atoms with Gasteiger partial charge in [-0.25, -0.2) is 9.59 Å². The molecule has 4 N–H and O–H groups in total. The zero-order valence-electron chi connectivity index (χ0n) is 13.3. The maximum absolute atomic E-state index is 11.6. The Bertz CT molecular complexity index is 686. The molecule has 24 heavy (non-hydrogen) atoms. The van der Waals surface area contributed by atoms with Gasteiger partial charge in [-0.3, -0.25) is 0 Å². The van der Waals surface area contributed by atoms with E-state index in [1.54, 1.807) is 0 Å². The molecule has 6 heteroatoms. The van der Waals surface area contributed by atoms with Crippen molar-refractivity contribution in [2.75, 3.05) is 13.1 Å². The highest BCUT2D eigenvalue weighted by Crippen LogP contribution is 2.27. The lowest BCUT2D eigenvalue weighted by Crippen LogP contribution is -2.34. The minimum absolute atomic E-state index is 0.0463. The van der Waals surface area contributed by atoms with Crippen LogP contribution in [-0.4, -0.2) is 25.2 Å². The van der Waals surface area contributed by atoms with Gasteiger partial charge in [0.25, 0.3) is 0 Å². The first-order valence-corrected chi connectivity index (χ1v) is 7.93. The van der Waals surface area contributed by atoms with Gasteiger partial charge in [0.15, 0.2) is 0 Å². The van der Waals surface area contributed by atoms with Crippen LogP contribution < -0.4 is 21.3 Å². The van der Waals surface area contributed by atoms with Crippen LogP contribution in [0.3, 0.4) is 0 Å². The van der Waals surface area contributed by atoms with E-state index in [1.807, 2.05) is 24.3 Å². The highest BCUT2D eigenvalue weighted by atomic mass is 16.2. The topological polar surface area (TPSA) is 82.3 Å². The second-order valence-corrected chi connectivity index (χ2v) is 5.53. The lowest BCUT2D eigenvalue weighted by atomic mass is 9.95. The summed E-state index contributed by atoms with van der Waals surface area (Å²) in [4.78, 5) is 21.6. The highest BCUT2D eigenvalue weighted by molar-refractivity contribution is 5.77. The van der Waals surface area contributed by atoms with Gasteiger partial charge in [-0.2, -0.15) is 0 Å². The molecule has 0 saturated carbocycles. The molecule has 0 spiro atoms. The summed E-state index contributed by atoms with van der Waals surface area (Å²) in [6.07, 6.45) is 0. The number of amides is 4. The Labute approximate surface area is 140 Å². The van der Waals surface area contributed by atoms with Crippen LogP contribution in [0.1, 0.15) is 11.1 Å². The van der Waals surface area contributed by atoms with Crippen LogP contribution in [0.15, 0.2) is 48.5 Å². The molecule has 6 nitrogen and oxygen atoms in total. The van der Waals surface area contributed by atoms with Gasteiger partial charge in [-0.05, 0) is 22.3 Å². The van der Waals surface area contributed by atoms with Crippen LogP contribution in [0.5, 0.6) is 0 Å². The Balaban J connectivity index is 0.000000238. The van der Waals surface area contributed by atoms with E-state index < -0.39 is 0 Å². The van der Waals surface area contributed by atoms with E-state index in [4.69, 9.17) is 0 Å². The zero-order valence-corrected chi connectivity index (χ0v) is 13.3. The highest BCUT2D eigenvalue weighted by Gasteiger charge is 2.12. The number of nitrogens with one attached hydrogen (secondary N) is 4. The van der Waals surface area contributed by atoms with E-state index in [9.17, 15) is 9.59 Å². The molecule has 0 bridgehead atoms. The van der Waals surface area contributed by atoms with E-state index in [1.165, 1.54) is 11.1 Å². The summed E-state index contributed by atoms with van der Waals surface area (Å²) < 4.78 is 0. The summed E-state index contributed by atoms with van der Waals surface area (Å²) in [5.74, 6) is 0. The molecule has 0 unspecified atom stereocenters. The second kappa shape index (κ2) is 7.50. The van der Waals surface area contributed by atoms with Gasteiger partial charge in [0.1, 0.15) is 0 Å². The van der Waals surface area contributed by atoms with E-state index >= 15 is 0 Å². The summed E-state index contributed by atoms with van der Waals surface area (Å²) in [6, 6.07) is 16.2. The first-order chi connectivity index (χ1) is 11.7. The minimum Gasteiger partial charge on any atom is -0.336 e. The molecule has 2 aliphatic rings. The Morgan fingerprint density at radius 1 is 0.583 bits per heavy atom. The largest absolute Gasteiger partial charge is 0.336 e. The first-order valence-electron chi connectivity index (χ1n) is 7.93. The van der Waals surface area contributed by atoms with E-state index in [-0.39, 0.29) is 12.1 Å². The number of carbonyl (C=O) groups is 2. The molecule has 4 amide bonds. The number of hydrogen-bond donors (Lipinski definition) is 4. The smallest absolute Gasteiger partial charge is 0.315 e. The number of carbonyl (C=O) groups excluding carboxylic acids is 2. The van der Waals surface area contributed by atoms with Crippen LogP contribution >= 0.6 is 0 Å². The predicted molar refractivity (Wildman–Crippen MR) is 92.4 cm³/mol. The van der Waals surface area contributed by atoms with Gasteiger partial charge in [0, 0.05) is 26.2 Å². The molecule has 2 aliphatic heterocycles. The van der Waals surface area contributed by atoms with Crippen molar-refractivity contribution in [1.82, 2.24) is 21.3 Å². The average Bonchev–Trinajstić information content (AvgIpc) is 3.11. The molecule has 1 saturated heterocycles. The SMILES string of the molecule is O=C1NCCN1.O=C1NCc2ccccc2-c2ccccc2CN1. The lowest BCUT2D eigenvalue weighted by molar-refractivity contribution is 0.240. The fraction of sp³-hybridized carbons (Fsp3) is 0.222. The van der Waals surface area contributed by atoms with Crippen molar-refractivity contribution in [1.29, 1.82) is 0 Å². The van der Waals surface area contributed by atoms with Crippen LogP contribution in [0.2, 0.25) is 0 Å². The number of urea groups is 2. The van der Waals surface area contributed by atoms with Gasteiger partial charge in [-0.1, -0.05) is 48.5 Å². The van der Waals surface area contributed by atoms with Crippen molar-refractivity contribution >= 4 is 12.1 Å². The first kappa shape index (κ1) is 15.9. The minimum atomic E-state index is -0.124. The van der Waals surface area contributed by atoms with Crippen molar-refractivity contribution in [3.63, 3.8) is 0 Å². The van der Waals surface area contributed by atoms with Gasteiger partial charge in [0.05, 0.1) is 0 Å². The third-order valence-electron chi connectivity index (χ3n) is 3.90. The second-order valence-electron chi connectivity index (χ2n) is 5.53. The van der Waals surface area contributed by atoms with E-state index in [2.05, 4.69) is 45.5 Å². The molecule has 0 radical (unpaired) electrons. The molecule has 2 aromatic rings. The maximum Gasteiger partial charge on any atom is 0.315 e. The Kier molecular flexibility index (Phi) is 4.96. The fourth-order valence-electron chi connectivity index (χ4n) is 2.70. The van der Waals surface area contributed by atoms with Crippen LogP contribution in [0.25, 0.3) is 11.1 Å². The summed E-state index contributed by atoms with van der Waals surface area (Å²) in [7, 11) is 0. The maximum atomic E-state index is 11.6. The molecule has 0 atom stereocenters. The van der Waals surface area contributed by atoms with Crippen LogP contribution in [0.4, 0.5) is 9.59 Å². The van der Waals surface area contributed by atoms with Gasteiger partial charge >= 0.3 is 12.1 Å². The molecular formula is C18H20N4O2. The average molecular weight is 324 g/mol.